The molecule has 0 fully saturated rings. The van der Waals surface area contributed by atoms with Crippen LogP contribution in [0.2, 0.25) is 0 Å². The van der Waals surface area contributed by atoms with Gasteiger partial charge in [-0.2, -0.15) is 0 Å². The molecule has 0 spiro atoms. The SMILES string of the molecule is CCCCCCCC/C=C\CCCCCCCC(=O)Oc1ccc(C[C@H](C)[C@H](C)Cc2ccc(O)c(OC)c2)cc1OC. The van der Waals surface area contributed by atoms with Gasteiger partial charge in [0.25, 0.3) is 0 Å². The fourth-order valence-corrected chi connectivity index (χ4v) is 5.43. The van der Waals surface area contributed by atoms with E-state index < -0.39 is 0 Å². The van der Waals surface area contributed by atoms with E-state index in [4.69, 9.17) is 14.2 Å². The number of ether oxygens (including phenoxy) is 3. The third kappa shape index (κ3) is 14.9. The molecule has 0 aliphatic heterocycles. The molecule has 0 aliphatic rings. The fraction of sp³-hybridized carbons (Fsp3) is 0.605. The van der Waals surface area contributed by atoms with Crippen molar-refractivity contribution in [2.24, 2.45) is 11.8 Å². The Kier molecular flexibility index (Phi) is 18.3. The first kappa shape index (κ1) is 36.2. The van der Waals surface area contributed by atoms with E-state index in [-0.39, 0.29) is 11.7 Å². The molecule has 0 radical (unpaired) electrons. The van der Waals surface area contributed by atoms with Crippen molar-refractivity contribution in [1.82, 2.24) is 0 Å². The lowest BCUT2D eigenvalue weighted by molar-refractivity contribution is -0.134. The van der Waals surface area contributed by atoms with Crippen LogP contribution in [0.5, 0.6) is 23.0 Å². The van der Waals surface area contributed by atoms with Crippen LogP contribution in [0.3, 0.4) is 0 Å². The van der Waals surface area contributed by atoms with Crippen LogP contribution in [0.25, 0.3) is 0 Å². The second-order valence-electron chi connectivity index (χ2n) is 12.2. The number of hydrogen-bond donors (Lipinski definition) is 1. The van der Waals surface area contributed by atoms with Crippen molar-refractivity contribution in [3.63, 3.8) is 0 Å². The molecule has 0 aliphatic carbocycles. The van der Waals surface area contributed by atoms with E-state index in [1.165, 1.54) is 64.2 Å². The Labute approximate surface area is 262 Å². The van der Waals surface area contributed by atoms with Crippen LogP contribution in [0.1, 0.15) is 122 Å². The van der Waals surface area contributed by atoms with Crippen LogP contribution >= 0.6 is 0 Å². The average Bonchev–Trinajstić information content (AvgIpc) is 3.00. The molecule has 0 bridgehead atoms. The smallest absolute Gasteiger partial charge is 0.311 e. The van der Waals surface area contributed by atoms with Crippen molar-refractivity contribution in [2.45, 2.75) is 124 Å². The van der Waals surface area contributed by atoms with Gasteiger partial charge in [-0.05, 0) is 92.2 Å². The molecule has 2 atom stereocenters. The quantitative estimate of drug-likeness (QED) is 0.0600. The second kappa shape index (κ2) is 21.7. The highest BCUT2D eigenvalue weighted by molar-refractivity contribution is 5.73. The number of carbonyl (C=O) groups is 1. The lowest BCUT2D eigenvalue weighted by Crippen LogP contribution is -2.14. The maximum absolute atomic E-state index is 12.5. The number of hydrogen-bond acceptors (Lipinski definition) is 5. The molecule has 0 saturated carbocycles. The predicted octanol–water partition coefficient (Wildman–Crippen LogP) is 10.4. The Morgan fingerprint density at radius 3 is 1.79 bits per heavy atom. The summed E-state index contributed by atoms with van der Waals surface area (Å²) in [5.41, 5.74) is 2.29. The topological polar surface area (TPSA) is 65.0 Å². The maximum Gasteiger partial charge on any atom is 0.311 e. The van der Waals surface area contributed by atoms with Gasteiger partial charge in [-0.1, -0.05) is 96.4 Å². The Balaban J connectivity index is 1.64. The van der Waals surface area contributed by atoms with E-state index >= 15 is 0 Å². The molecule has 240 valence electrons. The van der Waals surface area contributed by atoms with Gasteiger partial charge in [0.15, 0.2) is 23.0 Å². The van der Waals surface area contributed by atoms with E-state index in [1.807, 2.05) is 30.3 Å². The number of phenols is 1. The van der Waals surface area contributed by atoms with Crippen LogP contribution < -0.4 is 14.2 Å². The molecule has 5 nitrogen and oxygen atoms in total. The van der Waals surface area contributed by atoms with Crippen molar-refractivity contribution in [2.75, 3.05) is 14.2 Å². The second-order valence-corrected chi connectivity index (χ2v) is 12.2. The number of unbranched alkanes of at least 4 members (excludes halogenated alkanes) is 11. The van der Waals surface area contributed by atoms with Crippen LogP contribution in [-0.2, 0) is 17.6 Å². The number of rotatable bonds is 23. The molecule has 0 aromatic heterocycles. The number of phenolic OH excluding ortho intramolecular Hbond substituents is 1. The minimum atomic E-state index is -0.199. The molecule has 2 aromatic rings. The monoisotopic (exact) mass is 594 g/mol. The summed E-state index contributed by atoms with van der Waals surface area (Å²) in [7, 11) is 3.18. The van der Waals surface area contributed by atoms with Gasteiger partial charge in [0.05, 0.1) is 14.2 Å². The van der Waals surface area contributed by atoms with E-state index in [2.05, 4.69) is 32.9 Å². The summed E-state index contributed by atoms with van der Waals surface area (Å²) in [4.78, 5) is 12.5. The fourth-order valence-electron chi connectivity index (χ4n) is 5.43. The third-order valence-corrected chi connectivity index (χ3v) is 8.43. The predicted molar refractivity (Wildman–Crippen MR) is 178 cm³/mol. The van der Waals surface area contributed by atoms with E-state index in [1.54, 1.807) is 20.3 Å². The molecule has 2 aromatic carbocycles. The summed E-state index contributed by atoms with van der Waals surface area (Å²) in [6.45, 7) is 6.75. The van der Waals surface area contributed by atoms with Gasteiger partial charge >= 0.3 is 5.97 Å². The van der Waals surface area contributed by atoms with Crippen LogP contribution in [-0.4, -0.2) is 25.3 Å². The Hall–Kier alpha value is -2.95. The molecule has 2 rings (SSSR count). The van der Waals surface area contributed by atoms with Gasteiger partial charge < -0.3 is 19.3 Å². The number of esters is 1. The summed E-state index contributed by atoms with van der Waals surface area (Å²) in [6.07, 6.45) is 23.0. The van der Waals surface area contributed by atoms with E-state index in [9.17, 15) is 9.90 Å². The van der Waals surface area contributed by atoms with Crippen molar-refractivity contribution in [1.29, 1.82) is 0 Å². The summed E-state index contributed by atoms with van der Waals surface area (Å²) >= 11 is 0. The minimum Gasteiger partial charge on any atom is -0.504 e. The highest BCUT2D eigenvalue weighted by atomic mass is 16.6. The molecule has 43 heavy (non-hydrogen) atoms. The Morgan fingerprint density at radius 1 is 0.698 bits per heavy atom. The van der Waals surface area contributed by atoms with Crippen LogP contribution in [0.4, 0.5) is 0 Å². The molecular weight excluding hydrogens is 536 g/mol. The Bertz CT molecular complexity index is 1080. The highest BCUT2D eigenvalue weighted by Gasteiger charge is 2.17. The van der Waals surface area contributed by atoms with Gasteiger partial charge in [0.2, 0.25) is 0 Å². The number of aromatic hydroxyl groups is 1. The number of allylic oxidation sites excluding steroid dienone is 2. The number of methoxy groups -OCH3 is 2. The maximum atomic E-state index is 12.5. The van der Waals surface area contributed by atoms with E-state index in [0.717, 1.165) is 43.2 Å². The van der Waals surface area contributed by atoms with Crippen molar-refractivity contribution in [3.8, 4) is 23.0 Å². The first-order valence-electron chi connectivity index (χ1n) is 16.8. The molecule has 0 amide bonds. The van der Waals surface area contributed by atoms with Crippen molar-refractivity contribution in [3.05, 3.63) is 59.7 Å². The summed E-state index contributed by atoms with van der Waals surface area (Å²) in [5.74, 6) is 2.38. The van der Waals surface area contributed by atoms with Crippen molar-refractivity contribution >= 4 is 5.97 Å². The number of carbonyl (C=O) groups excluding carboxylic acids is 1. The first-order chi connectivity index (χ1) is 20.9. The lowest BCUT2D eigenvalue weighted by Gasteiger charge is -2.21. The standard InChI is InChI=1S/C38H58O5/c1-6-7-8-9-10-11-12-13-14-15-16-17-18-19-20-21-38(40)43-35-25-23-33(29-37(35)42-5)27-31(3)30(2)26-32-22-24-34(39)36(28-32)41-4/h13-14,22-25,28-31,39H,6-12,15-21,26-27H2,1-5H3/b14-13-/t30-,31+/m1/s1. The van der Waals surface area contributed by atoms with Gasteiger partial charge in [-0.25, -0.2) is 0 Å². The zero-order chi connectivity index (χ0) is 31.3. The van der Waals surface area contributed by atoms with E-state index in [0.29, 0.717) is 35.5 Å². The zero-order valence-corrected chi connectivity index (χ0v) is 27.7. The largest absolute Gasteiger partial charge is 0.504 e. The summed E-state index contributed by atoms with van der Waals surface area (Å²) < 4.78 is 16.5. The normalized spacial score (nSPS) is 12.8. The molecule has 1 N–H and O–H groups in total. The number of benzene rings is 2. The van der Waals surface area contributed by atoms with Crippen molar-refractivity contribution < 1.29 is 24.1 Å². The molecule has 0 heterocycles. The first-order valence-corrected chi connectivity index (χ1v) is 16.8. The van der Waals surface area contributed by atoms with Gasteiger partial charge in [0.1, 0.15) is 0 Å². The average molecular weight is 595 g/mol. The molecule has 0 saturated heterocycles. The van der Waals surface area contributed by atoms with Gasteiger partial charge in [-0.15, -0.1) is 0 Å². The lowest BCUT2D eigenvalue weighted by atomic mass is 9.85. The summed E-state index contributed by atoms with van der Waals surface area (Å²) in [5, 5.41) is 9.87. The third-order valence-electron chi connectivity index (χ3n) is 8.43. The highest BCUT2D eigenvalue weighted by Crippen LogP contribution is 2.32. The van der Waals surface area contributed by atoms with Gasteiger partial charge in [-0.3, -0.25) is 4.79 Å². The molecule has 5 heteroatoms. The molecular formula is C38H58O5. The minimum absolute atomic E-state index is 0.160. The van der Waals surface area contributed by atoms with Crippen LogP contribution in [0.15, 0.2) is 48.6 Å². The van der Waals surface area contributed by atoms with Gasteiger partial charge in [0, 0.05) is 6.42 Å². The Morgan fingerprint density at radius 2 is 1.21 bits per heavy atom. The van der Waals surface area contributed by atoms with Crippen LogP contribution in [0, 0.1) is 11.8 Å². The zero-order valence-electron chi connectivity index (χ0n) is 27.7. The summed E-state index contributed by atoms with van der Waals surface area (Å²) in [6, 6.07) is 11.4. The molecule has 0 unspecified atom stereocenters.